The van der Waals surface area contributed by atoms with Crippen LogP contribution in [0.1, 0.15) is 36.2 Å². The molecule has 1 amide bonds. The van der Waals surface area contributed by atoms with Crippen molar-refractivity contribution in [2.24, 2.45) is 0 Å². The molecule has 2 aromatic rings. The molecule has 0 fully saturated rings. The van der Waals surface area contributed by atoms with E-state index < -0.39 is 0 Å². The van der Waals surface area contributed by atoms with Gasteiger partial charge in [-0.25, -0.2) is 4.39 Å². The molecule has 134 valence electrons. The van der Waals surface area contributed by atoms with Crippen LogP contribution in [0, 0.1) is 5.82 Å². The first-order valence-corrected chi connectivity index (χ1v) is 8.56. The number of rotatable bonds is 9. The predicted octanol–water partition coefficient (Wildman–Crippen LogP) is 3.99. The lowest BCUT2D eigenvalue weighted by molar-refractivity contribution is 0.0953. The number of halogens is 1. The van der Waals surface area contributed by atoms with Crippen LogP contribution in [0.4, 0.5) is 4.39 Å². The van der Waals surface area contributed by atoms with Crippen molar-refractivity contribution in [1.82, 2.24) is 5.32 Å². The Bertz CT molecular complexity index is 703. The number of carbonyl (C=O) groups excluding carboxylic acids is 1. The van der Waals surface area contributed by atoms with E-state index in [1.165, 1.54) is 12.1 Å². The van der Waals surface area contributed by atoms with Gasteiger partial charge in [0.2, 0.25) is 0 Å². The molecular formula is C20H24FNO3. The second-order valence-electron chi connectivity index (χ2n) is 5.58. The van der Waals surface area contributed by atoms with Gasteiger partial charge in [0.25, 0.3) is 5.91 Å². The molecule has 1 N–H and O–H groups in total. The van der Waals surface area contributed by atoms with Gasteiger partial charge >= 0.3 is 0 Å². The highest BCUT2D eigenvalue weighted by Gasteiger charge is 2.11. The first kappa shape index (κ1) is 18.8. The molecule has 0 bridgehead atoms. The smallest absolute Gasteiger partial charge is 0.251 e. The van der Waals surface area contributed by atoms with Crippen LogP contribution in [0.15, 0.2) is 42.5 Å². The van der Waals surface area contributed by atoms with Gasteiger partial charge in [-0.05, 0) is 55.7 Å². The first-order chi connectivity index (χ1) is 12.1. The average molecular weight is 345 g/mol. The van der Waals surface area contributed by atoms with Crippen LogP contribution in [0.25, 0.3) is 0 Å². The number of ether oxygens (including phenoxy) is 2. The molecule has 0 aliphatic heterocycles. The Morgan fingerprint density at radius 3 is 2.64 bits per heavy atom. The summed E-state index contributed by atoms with van der Waals surface area (Å²) in [6, 6.07) is 11.5. The molecule has 5 heteroatoms. The topological polar surface area (TPSA) is 47.6 Å². The summed E-state index contributed by atoms with van der Waals surface area (Å²) in [6.07, 6.45) is 1.47. The number of nitrogens with one attached hydrogen (secondary N) is 1. The van der Waals surface area contributed by atoms with Gasteiger partial charge in [0.15, 0.2) is 11.5 Å². The normalized spacial score (nSPS) is 10.4. The van der Waals surface area contributed by atoms with Crippen molar-refractivity contribution < 1.29 is 18.7 Å². The van der Waals surface area contributed by atoms with Crippen molar-refractivity contribution in [3.05, 3.63) is 59.4 Å². The van der Waals surface area contributed by atoms with Crippen molar-refractivity contribution in [3.8, 4) is 11.5 Å². The summed E-state index contributed by atoms with van der Waals surface area (Å²) in [5.41, 5.74) is 1.35. The zero-order chi connectivity index (χ0) is 18.1. The van der Waals surface area contributed by atoms with E-state index >= 15 is 0 Å². The first-order valence-electron chi connectivity index (χ1n) is 8.56. The molecule has 0 spiro atoms. The van der Waals surface area contributed by atoms with Gasteiger partial charge in [0.05, 0.1) is 13.2 Å². The van der Waals surface area contributed by atoms with E-state index in [1.807, 2.05) is 19.9 Å². The summed E-state index contributed by atoms with van der Waals surface area (Å²) in [6.45, 7) is 5.43. The van der Waals surface area contributed by atoms with Crippen LogP contribution in [0.5, 0.6) is 11.5 Å². The van der Waals surface area contributed by atoms with E-state index in [4.69, 9.17) is 9.47 Å². The van der Waals surface area contributed by atoms with Gasteiger partial charge in [0.1, 0.15) is 5.82 Å². The van der Waals surface area contributed by atoms with E-state index in [0.29, 0.717) is 43.2 Å². The molecular weight excluding hydrogens is 321 g/mol. The van der Waals surface area contributed by atoms with Gasteiger partial charge < -0.3 is 14.8 Å². The van der Waals surface area contributed by atoms with Gasteiger partial charge in [-0.3, -0.25) is 4.79 Å². The number of amides is 1. The van der Waals surface area contributed by atoms with Crippen LogP contribution in [-0.2, 0) is 6.42 Å². The van der Waals surface area contributed by atoms with Gasteiger partial charge in [-0.15, -0.1) is 0 Å². The Morgan fingerprint density at radius 1 is 1.08 bits per heavy atom. The highest BCUT2D eigenvalue weighted by molar-refractivity contribution is 5.94. The number of hydrogen-bond acceptors (Lipinski definition) is 3. The molecule has 0 radical (unpaired) electrons. The van der Waals surface area contributed by atoms with Gasteiger partial charge in [-0.1, -0.05) is 19.1 Å². The highest BCUT2D eigenvalue weighted by Crippen LogP contribution is 2.28. The lowest BCUT2D eigenvalue weighted by atomic mass is 10.1. The van der Waals surface area contributed by atoms with E-state index in [1.54, 1.807) is 24.3 Å². The van der Waals surface area contributed by atoms with Crippen LogP contribution < -0.4 is 14.8 Å². The largest absolute Gasteiger partial charge is 0.490 e. The molecule has 2 aromatic carbocycles. The molecule has 0 aliphatic carbocycles. The van der Waals surface area contributed by atoms with Crippen LogP contribution in [0.3, 0.4) is 0 Å². The summed E-state index contributed by atoms with van der Waals surface area (Å²) in [4.78, 5) is 12.3. The quantitative estimate of drug-likeness (QED) is 0.748. The van der Waals surface area contributed by atoms with E-state index in [0.717, 1.165) is 12.0 Å². The van der Waals surface area contributed by atoms with E-state index in [-0.39, 0.29) is 11.7 Å². The molecule has 25 heavy (non-hydrogen) atoms. The highest BCUT2D eigenvalue weighted by atomic mass is 19.1. The van der Waals surface area contributed by atoms with Crippen molar-refractivity contribution in [2.75, 3.05) is 19.8 Å². The number of carbonyl (C=O) groups is 1. The molecule has 2 rings (SSSR count). The Hall–Kier alpha value is -2.56. The second kappa shape index (κ2) is 9.67. The Balaban J connectivity index is 1.97. The zero-order valence-electron chi connectivity index (χ0n) is 14.7. The van der Waals surface area contributed by atoms with Crippen molar-refractivity contribution >= 4 is 5.91 Å². The number of hydrogen-bond donors (Lipinski definition) is 1. The Kier molecular flexibility index (Phi) is 7.26. The maximum absolute atomic E-state index is 13.1. The van der Waals surface area contributed by atoms with Crippen LogP contribution in [0.2, 0.25) is 0 Å². The summed E-state index contributed by atoms with van der Waals surface area (Å²) in [7, 11) is 0. The molecule has 0 heterocycles. The minimum atomic E-state index is -0.271. The van der Waals surface area contributed by atoms with Crippen LogP contribution in [-0.4, -0.2) is 25.7 Å². The second-order valence-corrected chi connectivity index (χ2v) is 5.58. The van der Waals surface area contributed by atoms with Gasteiger partial charge in [-0.2, -0.15) is 0 Å². The lowest BCUT2D eigenvalue weighted by Gasteiger charge is -2.13. The third-order valence-corrected chi connectivity index (χ3v) is 3.56. The minimum Gasteiger partial charge on any atom is -0.490 e. The summed E-state index contributed by atoms with van der Waals surface area (Å²) < 4.78 is 24.3. The minimum absolute atomic E-state index is 0.195. The van der Waals surface area contributed by atoms with Crippen LogP contribution >= 0.6 is 0 Å². The van der Waals surface area contributed by atoms with E-state index in [2.05, 4.69) is 5.32 Å². The summed E-state index contributed by atoms with van der Waals surface area (Å²) in [5, 5.41) is 2.84. The molecule has 0 aliphatic rings. The fraction of sp³-hybridized carbons (Fsp3) is 0.350. The molecule has 0 saturated heterocycles. The van der Waals surface area contributed by atoms with Crippen molar-refractivity contribution in [3.63, 3.8) is 0 Å². The number of benzene rings is 2. The van der Waals surface area contributed by atoms with E-state index in [9.17, 15) is 9.18 Å². The zero-order valence-corrected chi connectivity index (χ0v) is 14.7. The maximum atomic E-state index is 13.1. The van der Waals surface area contributed by atoms with Crippen molar-refractivity contribution in [1.29, 1.82) is 0 Å². The molecule has 0 aromatic heterocycles. The maximum Gasteiger partial charge on any atom is 0.251 e. The van der Waals surface area contributed by atoms with Gasteiger partial charge in [0, 0.05) is 12.1 Å². The lowest BCUT2D eigenvalue weighted by Crippen LogP contribution is -2.25. The summed E-state index contributed by atoms with van der Waals surface area (Å²) in [5.74, 6) is 0.737. The predicted molar refractivity (Wildman–Crippen MR) is 95.8 cm³/mol. The standard InChI is InChI=1S/C20H24FNO3/c1-3-12-25-18-9-8-16(14-19(18)24-4-2)20(23)22-11-10-15-6-5-7-17(21)13-15/h5-9,13-14H,3-4,10-12H2,1-2H3,(H,22,23). The molecule has 0 atom stereocenters. The SMILES string of the molecule is CCCOc1ccc(C(=O)NCCc2cccc(F)c2)cc1OCC. The Labute approximate surface area is 148 Å². The van der Waals surface area contributed by atoms with Crippen molar-refractivity contribution in [2.45, 2.75) is 26.7 Å². The molecule has 0 saturated carbocycles. The third kappa shape index (κ3) is 5.78. The fourth-order valence-electron chi connectivity index (χ4n) is 2.36. The Morgan fingerprint density at radius 2 is 1.92 bits per heavy atom. The average Bonchev–Trinajstić information content (AvgIpc) is 2.61. The summed E-state index contributed by atoms with van der Waals surface area (Å²) >= 11 is 0. The third-order valence-electron chi connectivity index (χ3n) is 3.56. The molecule has 0 unspecified atom stereocenters. The monoisotopic (exact) mass is 345 g/mol. The molecule has 4 nitrogen and oxygen atoms in total. The fourth-order valence-corrected chi connectivity index (χ4v) is 2.36.